The molecule has 0 aliphatic rings. The van der Waals surface area contributed by atoms with Crippen molar-refractivity contribution in [1.82, 2.24) is 0 Å². The first-order valence-corrected chi connectivity index (χ1v) is 6.91. The molecular weight excluding hydrogens is 345 g/mol. The van der Waals surface area contributed by atoms with Gasteiger partial charge in [0.25, 0.3) is 0 Å². The average Bonchev–Trinajstić information content (AvgIpc) is 2.41. The topological polar surface area (TPSA) is 29.1 Å². The number of carbonyl (C=O) groups is 1. The first kappa shape index (κ1) is 14.8. The van der Waals surface area contributed by atoms with Crippen molar-refractivity contribution in [3.63, 3.8) is 0 Å². The van der Waals surface area contributed by atoms with Crippen LogP contribution in [-0.4, -0.2) is 5.91 Å². The van der Waals surface area contributed by atoms with Crippen LogP contribution < -0.4 is 5.32 Å². The van der Waals surface area contributed by atoms with E-state index in [1.807, 2.05) is 0 Å². The second-order valence-corrected chi connectivity index (χ2v) is 5.29. The molecule has 0 unspecified atom stereocenters. The van der Waals surface area contributed by atoms with Crippen molar-refractivity contribution in [3.8, 4) is 0 Å². The Balaban J connectivity index is 2.03. The highest BCUT2D eigenvalue weighted by molar-refractivity contribution is 9.10. The third-order valence-electron chi connectivity index (χ3n) is 2.49. The fourth-order valence-corrected chi connectivity index (χ4v) is 2.29. The van der Waals surface area contributed by atoms with Gasteiger partial charge in [-0.3, -0.25) is 4.79 Å². The van der Waals surface area contributed by atoms with Crippen molar-refractivity contribution >= 4 is 45.2 Å². The van der Waals surface area contributed by atoms with Crippen molar-refractivity contribution in [2.75, 3.05) is 5.32 Å². The van der Waals surface area contributed by atoms with Crippen molar-refractivity contribution in [3.05, 3.63) is 69.4 Å². The monoisotopic (exact) mass is 353 g/mol. The number of halogens is 3. The Morgan fingerprint density at radius 1 is 1.20 bits per heavy atom. The van der Waals surface area contributed by atoms with Crippen molar-refractivity contribution < 1.29 is 9.18 Å². The molecule has 0 saturated carbocycles. The number of anilines is 1. The Morgan fingerprint density at radius 2 is 1.90 bits per heavy atom. The van der Waals surface area contributed by atoms with Gasteiger partial charge in [-0.1, -0.05) is 23.7 Å². The Kier molecular flexibility index (Phi) is 4.93. The number of carbonyl (C=O) groups excluding carboxylic acids is 1. The van der Waals surface area contributed by atoms with Crippen molar-refractivity contribution in [2.45, 2.75) is 0 Å². The third-order valence-corrected chi connectivity index (χ3v) is 3.38. The van der Waals surface area contributed by atoms with E-state index in [4.69, 9.17) is 11.6 Å². The van der Waals surface area contributed by atoms with Crippen LogP contribution >= 0.6 is 27.5 Å². The second kappa shape index (κ2) is 6.68. The highest BCUT2D eigenvalue weighted by Crippen LogP contribution is 2.25. The molecule has 2 aromatic rings. The summed E-state index contributed by atoms with van der Waals surface area (Å²) in [4.78, 5) is 11.8. The zero-order valence-electron chi connectivity index (χ0n) is 10.2. The van der Waals surface area contributed by atoms with Gasteiger partial charge in [0, 0.05) is 15.6 Å². The van der Waals surface area contributed by atoms with Crippen molar-refractivity contribution in [1.29, 1.82) is 0 Å². The smallest absolute Gasteiger partial charge is 0.248 e. The molecule has 102 valence electrons. The summed E-state index contributed by atoms with van der Waals surface area (Å²) in [6.45, 7) is 0. The highest BCUT2D eigenvalue weighted by Gasteiger charge is 2.03. The lowest BCUT2D eigenvalue weighted by atomic mass is 10.2. The van der Waals surface area contributed by atoms with Crippen LogP contribution in [0.3, 0.4) is 0 Å². The minimum atomic E-state index is -0.309. The van der Waals surface area contributed by atoms with E-state index in [2.05, 4.69) is 21.2 Å². The maximum absolute atomic E-state index is 12.7. The van der Waals surface area contributed by atoms with Gasteiger partial charge in [0.15, 0.2) is 0 Å². The summed E-state index contributed by atoms with van der Waals surface area (Å²) in [5.41, 5.74) is 1.37. The molecule has 1 amide bonds. The van der Waals surface area contributed by atoms with E-state index in [0.717, 1.165) is 5.56 Å². The Hall–Kier alpha value is -1.65. The fourth-order valence-electron chi connectivity index (χ4n) is 1.51. The summed E-state index contributed by atoms with van der Waals surface area (Å²) in [5.74, 6) is -0.589. The van der Waals surface area contributed by atoms with Crippen LogP contribution in [0, 0.1) is 5.82 Å². The zero-order valence-corrected chi connectivity index (χ0v) is 12.6. The fraction of sp³-hybridized carbons (Fsp3) is 0. The maximum Gasteiger partial charge on any atom is 0.248 e. The number of amides is 1. The first-order valence-electron chi connectivity index (χ1n) is 5.74. The van der Waals surface area contributed by atoms with Crippen LogP contribution in [-0.2, 0) is 4.79 Å². The van der Waals surface area contributed by atoms with Gasteiger partial charge in [-0.05, 0) is 57.9 Å². The van der Waals surface area contributed by atoms with Gasteiger partial charge in [-0.25, -0.2) is 4.39 Å². The van der Waals surface area contributed by atoms with Gasteiger partial charge >= 0.3 is 0 Å². The van der Waals surface area contributed by atoms with Gasteiger partial charge in [0.05, 0.1) is 5.69 Å². The molecule has 2 rings (SSSR count). The lowest BCUT2D eigenvalue weighted by Gasteiger charge is -2.05. The van der Waals surface area contributed by atoms with E-state index in [1.165, 1.54) is 18.2 Å². The third kappa shape index (κ3) is 4.18. The van der Waals surface area contributed by atoms with E-state index < -0.39 is 0 Å². The normalized spacial score (nSPS) is 10.8. The van der Waals surface area contributed by atoms with Crippen molar-refractivity contribution in [2.24, 2.45) is 0 Å². The van der Waals surface area contributed by atoms with Crippen LogP contribution in [0.4, 0.5) is 10.1 Å². The van der Waals surface area contributed by atoms with Gasteiger partial charge < -0.3 is 5.32 Å². The molecule has 0 spiro atoms. The predicted molar refractivity (Wildman–Crippen MR) is 83.2 cm³/mol. The SMILES string of the molecule is O=C(/C=C/c1ccc(F)cc1)Nc1ccc(Cl)cc1Br. The molecule has 0 saturated heterocycles. The van der Waals surface area contributed by atoms with E-state index >= 15 is 0 Å². The van der Waals surface area contributed by atoms with E-state index in [0.29, 0.717) is 15.2 Å². The summed E-state index contributed by atoms with van der Waals surface area (Å²) in [6, 6.07) is 11.0. The zero-order chi connectivity index (χ0) is 14.5. The van der Waals surface area contributed by atoms with E-state index in [1.54, 1.807) is 36.4 Å². The molecule has 0 aromatic heterocycles. The van der Waals surface area contributed by atoms with Crippen LogP contribution in [0.25, 0.3) is 6.08 Å². The van der Waals surface area contributed by atoms with E-state index in [-0.39, 0.29) is 11.7 Å². The number of nitrogens with one attached hydrogen (secondary N) is 1. The molecule has 0 fully saturated rings. The van der Waals surface area contributed by atoms with Gasteiger partial charge in [0.2, 0.25) is 5.91 Å². The minimum Gasteiger partial charge on any atom is -0.321 e. The lowest BCUT2D eigenvalue weighted by molar-refractivity contribution is -0.111. The summed E-state index contributed by atoms with van der Waals surface area (Å²) >= 11 is 9.13. The molecule has 2 aromatic carbocycles. The van der Waals surface area contributed by atoms with Crippen LogP contribution in [0.15, 0.2) is 53.0 Å². The molecule has 0 aliphatic carbocycles. The number of hydrogen-bond donors (Lipinski definition) is 1. The van der Waals surface area contributed by atoms with Crippen LogP contribution in [0.2, 0.25) is 5.02 Å². The van der Waals surface area contributed by atoms with E-state index in [9.17, 15) is 9.18 Å². The van der Waals surface area contributed by atoms with Gasteiger partial charge in [0.1, 0.15) is 5.82 Å². The lowest BCUT2D eigenvalue weighted by Crippen LogP contribution is -2.08. The van der Waals surface area contributed by atoms with Gasteiger partial charge in [-0.15, -0.1) is 0 Å². The Bertz CT molecular complexity index is 655. The highest BCUT2D eigenvalue weighted by atomic mass is 79.9. The van der Waals surface area contributed by atoms with Crippen LogP contribution in [0.5, 0.6) is 0 Å². The second-order valence-electron chi connectivity index (χ2n) is 4.00. The minimum absolute atomic E-state index is 0.280. The molecule has 0 aliphatic heterocycles. The number of rotatable bonds is 3. The molecule has 20 heavy (non-hydrogen) atoms. The Morgan fingerprint density at radius 3 is 2.55 bits per heavy atom. The summed E-state index contributed by atoms with van der Waals surface area (Å²) in [7, 11) is 0. The first-order chi connectivity index (χ1) is 9.54. The molecule has 0 bridgehead atoms. The molecule has 0 radical (unpaired) electrons. The van der Waals surface area contributed by atoms with Gasteiger partial charge in [-0.2, -0.15) is 0 Å². The standard InChI is InChI=1S/C15H10BrClFNO/c16-13-9-11(17)4-7-14(13)19-15(20)8-3-10-1-5-12(18)6-2-10/h1-9H,(H,19,20)/b8-3+. The Labute approximate surface area is 129 Å². The number of hydrogen-bond acceptors (Lipinski definition) is 1. The largest absolute Gasteiger partial charge is 0.321 e. The molecule has 0 heterocycles. The predicted octanol–water partition coefficient (Wildman–Crippen LogP) is 4.89. The quantitative estimate of drug-likeness (QED) is 0.781. The summed E-state index contributed by atoms with van der Waals surface area (Å²) < 4.78 is 13.4. The molecule has 0 atom stereocenters. The summed E-state index contributed by atoms with van der Waals surface area (Å²) in [5, 5.41) is 3.29. The number of benzene rings is 2. The van der Waals surface area contributed by atoms with Crippen LogP contribution in [0.1, 0.15) is 5.56 Å². The summed E-state index contributed by atoms with van der Waals surface area (Å²) in [6.07, 6.45) is 2.99. The average molecular weight is 355 g/mol. The maximum atomic E-state index is 12.7. The molecule has 1 N–H and O–H groups in total. The molecule has 5 heteroatoms. The molecular formula is C15H10BrClFNO. The molecule has 2 nitrogen and oxygen atoms in total.